The number of hydrogen-bond acceptors (Lipinski definition) is 5. The summed E-state index contributed by atoms with van der Waals surface area (Å²) in [5.41, 5.74) is 1.86. The number of rotatable bonds is 7. The van der Waals surface area contributed by atoms with E-state index >= 15 is 0 Å². The van der Waals surface area contributed by atoms with E-state index in [9.17, 15) is 23.1 Å². The van der Waals surface area contributed by atoms with Crippen LogP contribution in [0.3, 0.4) is 0 Å². The van der Waals surface area contributed by atoms with E-state index in [0.29, 0.717) is 26.1 Å². The summed E-state index contributed by atoms with van der Waals surface area (Å²) >= 11 is 0. The molecule has 0 unspecified atom stereocenters. The number of amides is 1. The van der Waals surface area contributed by atoms with Gasteiger partial charge in [-0.3, -0.25) is 14.7 Å². The lowest BCUT2D eigenvalue weighted by atomic mass is 9.96. The first-order valence-corrected chi connectivity index (χ1v) is 12.3. The maximum absolute atomic E-state index is 13.0. The molecule has 2 bridgehead atoms. The molecule has 4 rings (SSSR count). The fraction of sp³-hybridized carbons (Fsp3) is 0.556. The summed E-state index contributed by atoms with van der Waals surface area (Å²) in [5.74, 6) is 0.549. The molecule has 2 fully saturated rings. The summed E-state index contributed by atoms with van der Waals surface area (Å²) in [6, 6.07) is 6.52. The first-order chi connectivity index (χ1) is 16.8. The Morgan fingerprint density at radius 1 is 1.14 bits per heavy atom. The van der Waals surface area contributed by atoms with E-state index in [4.69, 9.17) is 4.74 Å². The molecule has 2 saturated heterocycles. The van der Waals surface area contributed by atoms with Crippen LogP contribution in [0.15, 0.2) is 30.5 Å². The molecule has 0 radical (unpaired) electrons. The molecular formula is C27H34F3N3O3. The molecule has 2 aromatic rings. The third-order valence-electron chi connectivity index (χ3n) is 7.54. The highest BCUT2D eigenvalue weighted by Crippen LogP contribution is 2.39. The van der Waals surface area contributed by atoms with Crippen LogP contribution in [0.5, 0.6) is 5.75 Å². The fourth-order valence-corrected chi connectivity index (χ4v) is 5.29. The lowest BCUT2D eigenvalue weighted by Crippen LogP contribution is -2.49. The van der Waals surface area contributed by atoms with Crippen molar-refractivity contribution in [1.29, 1.82) is 0 Å². The first kappa shape index (κ1) is 26.4. The average molecular weight is 506 g/mol. The lowest BCUT2D eigenvalue weighted by molar-refractivity contribution is -0.141. The number of pyridine rings is 1. The summed E-state index contributed by atoms with van der Waals surface area (Å²) in [7, 11) is 0. The van der Waals surface area contributed by atoms with Crippen LogP contribution in [0, 0.1) is 13.8 Å². The monoisotopic (exact) mass is 505 g/mol. The molecule has 1 aromatic heterocycles. The van der Waals surface area contributed by atoms with E-state index in [1.54, 1.807) is 18.7 Å². The number of alkyl halides is 3. The van der Waals surface area contributed by atoms with Gasteiger partial charge >= 0.3 is 6.18 Å². The molecule has 196 valence electrons. The lowest BCUT2D eigenvalue weighted by Gasteiger charge is -2.38. The quantitative estimate of drug-likeness (QED) is 0.579. The summed E-state index contributed by atoms with van der Waals surface area (Å²) < 4.78 is 44.3. The number of carbonyl (C=O) groups is 1. The third kappa shape index (κ3) is 5.37. The van der Waals surface area contributed by atoms with Crippen LogP contribution in [0.25, 0.3) is 0 Å². The van der Waals surface area contributed by atoms with Crippen LogP contribution < -0.4 is 4.74 Å². The average Bonchev–Trinajstić information content (AvgIpc) is 3.41. The molecule has 0 saturated carbocycles. The molecule has 36 heavy (non-hydrogen) atoms. The van der Waals surface area contributed by atoms with E-state index in [2.05, 4.69) is 29.8 Å². The second-order valence-electron chi connectivity index (χ2n) is 10.6. The molecule has 9 heteroatoms. The van der Waals surface area contributed by atoms with E-state index in [1.807, 2.05) is 13.0 Å². The molecule has 1 N–H and O–H groups in total. The normalized spacial score (nSPS) is 21.2. The Kier molecular flexibility index (Phi) is 7.09. The van der Waals surface area contributed by atoms with Crippen molar-refractivity contribution >= 4 is 5.91 Å². The van der Waals surface area contributed by atoms with Crippen LogP contribution in [0.4, 0.5) is 13.2 Å². The molecule has 2 aliphatic rings. The molecule has 2 aliphatic heterocycles. The number of ether oxygens (including phenoxy) is 1. The van der Waals surface area contributed by atoms with Gasteiger partial charge in [-0.25, -0.2) is 0 Å². The zero-order valence-electron chi connectivity index (χ0n) is 21.4. The van der Waals surface area contributed by atoms with Gasteiger partial charge in [-0.05, 0) is 75.9 Å². The molecule has 0 aliphatic carbocycles. The number of benzene rings is 1. The van der Waals surface area contributed by atoms with Gasteiger partial charge in [0.15, 0.2) is 0 Å². The summed E-state index contributed by atoms with van der Waals surface area (Å²) in [6.07, 6.45) is -2.12. The van der Waals surface area contributed by atoms with Gasteiger partial charge in [-0.2, -0.15) is 13.2 Å². The number of aromatic nitrogens is 1. The minimum absolute atomic E-state index is 0.0260. The maximum Gasteiger partial charge on any atom is 0.433 e. The SMILES string of the molecule is Cc1c(OCCC(C)(C)O)ccc([C@H](C)N2C[C@H]3C[C@@H]2CN3C(=O)c2ccc(C(F)(F)F)nc2)c1C. The third-order valence-corrected chi connectivity index (χ3v) is 7.54. The van der Waals surface area contributed by atoms with Crippen molar-refractivity contribution in [3.63, 3.8) is 0 Å². The predicted molar refractivity (Wildman–Crippen MR) is 130 cm³/mol. The van der Waals surface area contributed by atoms with E-state index < -0.39 is 17.5 Å². The van der Waals surface area contributed by atoms with Crippen molar-refractivity contribution in [1.82, 2.24) is 14.8 Å². The summed E-state index contributed by atoms with van der Waals surface area (Å²) in [5, 5.41) is 9.91. The van der Waals surface area contributed by atoms with Crippen LogP contribution in [-0.2, 0) is 6.18 Å². The minimum atomic E-state index is -4.53. The van der Waals surface area contributed by atoms with Crippen molar-refractivity contribution in [3.8, 4) is 5.75 Å². The number of fused-ring (bicyclic) bond motifs is 2. The van der Waals surface area contributed by atoms with Gasteiger partial charge in [-0.15, -0.1) is 0 Å². The van der Waals surface area contributed by atoms with Crippen molar-refractivity contribution in [3.05, 3.63) is 58.4 Å². The second kappa shape index (κ2) is 9.67. The van der Waals surface area contributed by atoms with Gasteiger partial charge < -0.3 is 14.7 Å². The molecule has 6 nitrogen and oxygen atoms in total. The number of piperazine rings is 1. The highest BCUT2D eigenvalue weighted by Gasteiger charge is 2.47. The molecule has 3 heterocycles. The van der Waals surface area contributed by atoms with Crippen LogP contribution in [0.1, 0.15) is 72.4 Å². The van der Waals surface area contributed by atoms with Crippen molar-refractivity contribution < 1.29 is 27.8 Å². The highest BCUT2D eigenvalue weighted by atomic mass is 19.4. The number of carbonyl (C=O) groups excluding carboxylic acids is 1. The number of aliphatic hydroxyl groups is 1. The topological polar surface area (TPSA) is 65.9 Å². The molecule has 1 aromatic carbocycles. The number of nitrogens with zero attached hydrogens (tertiary/aromatic N) is 3. The van der Waals surface area contributed by atoms with Crippen molar-refractivity contribution in [2.75, 3.05) is 19.7 Å². The van der Waals surface area contributed by atoms with E-state index in [1.165, 1.54) is 11.6 Å². The van der Waals surface area contributed by atoms with Crippen molar-refractivity contribution in [2.24, 2.45) is 0 Å². The van der Waals surface area contributed by atoms with Gasteiger partial charge in [0.25, 0.3) is 5.91 Å². The van der Waals surface area contributed by atoms with Gasteiger partial charge in [0, 0.05) is 43.8 Å². The molecule has 3 atom stereocenters. The van der Waals surface area contributed by atoms with E-state index in [-0.39, 0.29) is 29.6 Å². The van der Waals surface area contributed by atoms with Crippen LogP contribution in [-0.4, -0.2) is 63.2 Å². The Morgan fingerprint density at radius 3 is 2.42 bits per heavy atom. The van der Waals surface area contributed by atoms with Crippen molar-refractivity contribution in [2.45, 2.75) is 77.4 Å². The molecular weight excluding hydrogens is 471 g/mol. The van der Waals surface area contributed by atoms with Gasteiger partial charge in [0.2, 0.25) is 0 Å². The van der Waals surface area contributed by atoms with Gasteiger partial charge in [-0.1, -0.05) is 6.07 Å². The van der Waals surface area contributed by atoms with Crippen LogP contribution >= 0.6 is 0 Å². The molecule has 0 spiro atoms. The fourth-order valence-electron chi connectivity index (χ4n) is 5.29. The molecule has 1 amide bonds. The van der Waals surface area contributed by atoms with Gasteiger partial charge in [0.1, 0.15) is 11.4 Å². The predicted octanol–water partition coefficient (Wildman–Crippen LogP) is 4.92. The zero-order chi connectivity index (χ0) is 26.4. The Balaban J connectivity index is 1.40. The Hall–Kier alpha value is -2.65. The number of likely N-dealkylation sites (tertiary alicyclic amines) is 2. The number of halogens is 3. The highest BCUT2D eigenvalue weighted by molar-refractivity contribution is 5.94. The largest absolute Gasteiger partial charge is 0.493 e. The summed E-state index contributed by atoms with van der Waals surface area (Å²) in [6.45, 7) is 11.5. The summed E-state index contributed by atoms with van der Waals surface area (Å²) in [4.78, 5) is 20.6. The number of hydrogen-bond donors (Lipinski definition) is 1. The van der Waals surface area contributed by atoms with Crippen LogP contribution in [0.2, 0.25) is 0 Å². The van der Waals surface area contributed by atoms with E-state index in [0.717, 1.165) is 35.6 Å². The minimum Gasteiger partial charge on any atom is -0.493 e. The second-order valence-corrected chi connectivity index (χ2v) is 10.6. The standard InChI is InChI=1S/C27H34F3N3O3/c1-16-17(2)23(36-11-10-26(4,5)35)8-7-22(16)18(3)32-14-21-12-20(32)15-33(21)25(34)19-6-9-24(31-13-19)27(28,29)30/h6-9,13,18,20-21,35H,10-12,14-15H2,1-5H3/t18-,20+,21+/m0/s1. The smallest absolute Gasteiger partial charge is 0.433 e. The Bertz CT molecular complexity index is 1110. The zero-order valence-corrected chi connectivity index (χ0v) is 21.4. The van der Waals surface area contributed by atoms with Gasteiger partial charge in [0.05, 0.1) is 17.8 Å². The Morgan fingerprint density at radius 2 is 1.86 bits per heavy atom. The Labute approximate surface area is 210 Å². The first-order valence-electron chi connectivity index (χ1n) is 12.3. The maximum atomic E-state index is 13.0.